The van der Waals surface area contributed by atoms with Gasteiger partial charge in [-0.2, -0.15) is 0 Å². The highest BCUT2D eigenvalue weighted by Gasteiger charge is 2.21. The zero-order valence-electron chi connectivity index (χ0n) is 13.4. The number of morpholine rings is 1. The molecule has 3 N–H and O–H groups in total. The first-order chi connectivity index (χ1) is 10.8. The van der Waals surface area contributed by atoms with Crippen LogP contribution in [0.4, 0.5) is 5.69 Å². The van der Waals surface area contributed by atoms with Gasteiger partial charge < -0.3 is 15.0 Å². The second kappa shape index (κ2) is 7.29. The molecule has 2 rings (SSSR count). The van der Waals surface area contributed by atoms with E-state index in [4.69, 9.17) is 9.88 Å². The smallest absolute Gasteiger partial charge is 0.253 e. The predicted octanol–water partition coefficient (Wildman–Crippen LogP) is 0.556. The van der Waals surface area contributed by atoms with E-state index in [1.54, 1.807) is 6.07 Å². The van der Waals surface area contributed by atoms with E-state index in [0.29, 0.717) is 50.0 Å². The molecule has 1 heterocycles. The van der Waals surface area contributed by atoms with Crippen LogP contribution in [0.2, 0.25) is 0 Å². The summed E-state index contributed by atoms with van der Waals surface area (Å²) in [5.74, 6) is -0.00194. The first-order valence-electron chi connectivity index (χ1n) is 7.57. The van der Waals surface area contributed by atoms with Crippen molar-refractivity contribution in [2.45, 2.75) is 18.7 Å². The average Bonchev–Trinajstić information content (AvgIpc) is 2.52. The third-order valence-electron chi connectivity index (χ3n) is 3.56. The van der Waals surface area contributed by atoms with Crippen molar-refractivity contribution < 1.29 is 17.9 Å². The normalized spacial score (nSPS) is 15.7. The van der Waals surface area contributed by atoms with Gasteiger partial charge in [-0.3, -0.25) is 4.79 Å². The second-order valence-electron chi connectivity index (χ2n) is 5.93. The fourth-order valence-corrected chi connectivity index (χ4v) is 2.89. The third kappa shape index (κ3) is 4.66. The van der Waals surface area contributed by atoms with Crippen LogP contribution >= 0.6 is 0 Å². The first-order valence-corrected chi connectivity index (χ1v) is 9.11. The summed E-state index contributed by atoms with van der Waals surface area (Å²) in [6.07, 6.45) is 0. The molecule has 8 heteroatoms. The Morgan fingerprint density at radius 3 is 2.57 bits per heavy atom. The van der Waals surface area contributed by atoms with Crippen LogP contribution in [0, 0.1) is 5.92 Å². The van der Waals surface area contributed by atoms with E-state index in [1.807, 2.05) is 18.7 Å². The highest BCUT2D eigenvalue weighted by molar-refractivity contribution is 7.89. The van der Waals surface area contributed by atoms with Crippen LogP contribution in [0.5, 0.6) is 0 Å². The lowest BCUT2D eigenvalue weighted by molar-refractivity contribution is 0.0947. The predicted molar refractivity (Wildman–Crippen MR) is 88.0 cm³/mol. The van der Waals surface area contributed by atoms with Crippen molar-refractivity contribution in [3.05, 3.63) is 23.8 Å². The largest absolute Gasteiger partial charge is 0.378 e. The summed E-state index contributed by atoms with van der Waals surface area (Å²) >= 11 is 0. The summed E-state index contributed by atoms with van der Waals surface area (Å²) in [5, 5.41) is 8.01. The molecule has 1 aliphatic rings. The number of amides is 1. The van der Waals surface area contributed by atoms with Gasteiger partial charge in [0.25, 0.3) is 5.91 Å². The number of carbonyl (C=O) groups is 1. The zero-order chi connectivity index (χ0) is 17.0. The van der Waals surface area contributed by atoms with E-state index in [9.17, 15) is 13.2 Å². The molecular formula is C15H23N3O4S. The monoisotopic (exact) mass is 341 g/mol. The maximum Gasteiger partial charge on any atom is 0.253 e. The molecule has 0 saturated carbocycles. The lowest BCUT2D eigenvalue weighted by atomic mass is 10.1. The third-order valence-corrected chi connectivity index (χ3v) is 4.47. The lowest BCUT2D eigenvalue weighted by Crippen LogP contribution is -2.38. The first kappa shape index (κ1) is 17.7. The quantitative estimate of drug-likeness (QED) is 0.815. The van der Waals surface area contributed by atoms with Gasteiger partial charge in [0.1, 0.15) is 0 Å². The minimum atomic E-state index is -3.86. The number of carbonyl (C=O) groups excluding carboxylic acids is 1. The van der Waals surface area contributed by atoms with Gasteiger partial charge in [-0.05, 0) is 24.1 Å². The van der Waals surface area contributed by atoms with Crippen molar-refractivity contribution in [3.8, 4) is 0 Å². The summed E-state index contributed by atoms with van der Waals surface area (Å²) in [5.41, 5.74) is 1.01. The molecule has 0 radical (unpaired) electrons. The SMILES string of the molecule is CC(C)CNC(=O)c1cc(S(N)(=O)=O)ccc1N1CCOCC1. The molecule has 0 bridgehead atoms. The Morgan fingerprint density at radius 2 is 2.00 bits per heavy atom. The Labute approximate surface area is 136 Å². The fraction of sp³-hybridized carbons (Fsp3) is 0.533. The van der Waals surface area contributed by atoms with Gasteiger partial charge in [0.2, 0.25) is 10.0 Å². The molecule has 0 unspecified atom stereocenters. The summed E-state index contributed by atoms with van der Waals surface area (Å²) in [6.45, 7) is 6.95. The van der Waals surface area contributed by atoms with Crippen molar-refractivity contribution in [1.29, 1.82) is 0 Å². The van der Waals surface area contributed by atoms with Gasteiger partial charge >= 0.3 is 0 Å². The molecule has 23 heavy (non-hydrogen) atoms. The van der Waals surface area contributed by atoms with Crippen molar-refractivity contribution in [1.82, 2.24) is 5.32 Å². The van der Waals surface area contributed by atoms with Crippen LogP contribution in [-0.2, 0) is 14.8 Å². The Morgan fingerprint density at radius 1 is 1.35 bits per heavy atom. The number of nitrogens with zero attached hydrogens (tertiary/aromatic N) is 1. The Bertz CT molecular complexity index is 667. The summed E-state index contributed by atoms with van der Waals surface area (Å²) in [7, 11) is -3.86. The number of nitrogens with two attached hydrogens (primary N) is 1. The highest BCUT2D eigenvalue weighted by Crippen LogP contribution is 2.25. The van der Waals surface area contributed by atoms with Gasteiger partial charge in [-0.1, -0.05) is 13.8 Å². The number of hydrogen-bond donors (Lipinski definition) is 2. The van der Waals surface area contributed by atoms with Crippen LogP contribution in [0.15, 0.2) is 23.1 Å². The van der Waals surface area contributed by atoms with Crippen molar-refractivity contribution in [3.63, 3.8) is 0 Å². The van der Waals surface area contributed by atoms with E-state index < -0.39 is 10.0 Å². The Kier molecular flexibility index (Phi) is 5.61. The second-order valence-corrected chi connectivity index (χ2v) is 7.49. The van der Waals surface area contributed by atoms with E-state index in [1.165, 1.54) is 12.1 Å². The molecule has 1 aliphatic heterocycles. The van der Waals surface area contributed by atoms with Gasteiger partial charge in [-0.25, -0.2) is 13.6 Å². The maximum absolute atomic E-state index is 12.5. The number of nitrogens with one attached hydrogen (secondary N) is 1. The topological polar surface area (TPSA) is 102 Å². The van der Waals surface area contributed by atoms with Crippen LogP contribution in [0.25, 0.3) is 0 Å². The maximum atomic E-state index is 12.5. The van der Waals surface area contributed by atoms with Crippen LogP contribution in [0.1, 0.15) is 24.2 Å². The summed E-state index contributed by atoms with van der Waals surface area (Å²) in [6, 6.07) is 4.41. The van der Waals surface area contributed by atoms with Gasteiger partial charge in [0.05, 0.1) is 23.7 Å². The van der Waals surface area contributed by atoms with Crippen molar-refractivity contribution in [2.24, 2.45) is 11.1 Å². The standard InChI is InChI=1S/C15H23N3O4S/c1-11(2)10-17-15(19)13-9-12(23(16,20)21)3-4-14(13)18-5-7-22-8-6-18/h3-4,9,11H,5-8,10H2,1-2H3,(H,17,19)(H2,16,20,21). The number of sulfonamides is 1. The molecule has 7 nitrogen and oxygen atoms in total. The average molecular weight is 341 g/mol. The Balaban J connectivity index is 2.38. The Hall–Kier alpha value is -1.64. The molecule has 128 valence electrons. The van der Waals surface area contributed by atoms with E-state index in [0.717, 1.165) is 0 Å². The number of ether oxygens (including phenoxy) is 1. The van der Waals surface area contributed by atoms with Crippen LogP contribution in [0.3, 0.4) is 0 Å². The molecule has 0 atom stereocenters. The lowest BCUT2D eigenvalue weighted by Gasteiger charge is -2.30. The minimum Gasteiger partial charge on any atom is -0.378 e. The molecule has 0 aliphatic carbocycles. The summed E-state index contributed by atoms with van der Waals surface area (Å²) in [4.78, 5) is 14.4. The van der Waals surface area contributed by atoms with Gasteiger partial charge in [0, 0.05) is 25.3 Å². The van der Waals surface area contributed by atoms with Crippen molar-refractivity contribution >= 4 is 21.6 Å². The van der Waals surface area contributed by atoms with Gasteiger partial charge in [-0.15, -0.1) is 0 Å². The van der Waals surface area contributed by atoms with E-state index in [-0.39, 0.29) is 10.8 Å². The fourth-order valence-electron chi connectivity index (χ4n) is 2.35. The molecule has 0 spiro atoms. The summed E-state index contributed by atoms with van der Waals surface area (Å²) < 4.78 is 28.5. The highest BCUT2D eigenvalue weighted by atomic mass is 32.2. The number of anilines is 1. The molecular weight excluding hydrogens is 318 g/mol. The molecule has 1 aromatic carbocycles. The number of benzene rings is 1. The van der Waals surface area contributed by atoms with Gasteiger partial charge in [0.15, 0.2) is 0 Å². The molecule has 0 aromatic heterocycles. The molecule has 1 aromatic rings. The number of rotatable bonds is 5. The molecule has 1 saturated heterocycles. The minimum absolute atomic E-state index is 0.0655. The molecule has 1 fully saturated rings. The van der Waals surface area contributed by atoms with Crippen LogP contribution < -0.4 is 15.4 Å². The van der Waals surface area contributed by atoms with E-state index >= 15 is 0 Å². The number of hydrogen-bond acceptors (Lipinski definition) is 5. The van der Waals surface area contributed by atoms with E-state index in [2.05, 4.69) is 5.32 Å². The van der Waals surface area contributed by atoms with Crippen LogP contribution in [-0.4, -0.2) is 47.2 Å². The number of primary sulfonamides is 1. The van der Waals surface area contributed by atoms with Crippen molar-refractivity contribution in [2.75, 3.05) is 37.7 Å². The molecule has 1 amide bonds. The zero-order valence-corrected chi connectivity index (χ0v) is 14.2.